The van der Waals surface area contributed by atoms with Crippen molar-refractivity contribution >= 4 is 5.69 Å². The molecule has 2 aromatic carbocycles. The molecule has 0 saturated heterocycles. The molecule has 0 unspecified atom stereocenters. The fourth-order valence-corrected chi connectivity index (χ4v) is 1.88. The quantitative estimate of drug-likeness (QED) is 0.694. The van der Waals surface area contributed by atoms with E-state index in [2.05, 4.69) is 12.2 Å². The number of benzene rings is 2. The summed E-state index contributed by atoms with van der Waals surface area (Å²) in [5.41, 5.74) is 1.08. The molecule has 112 valence electrons. The van der Waals surface area contributed by atoms with Crippen LogP contribution >= 0.6 is 0 Å². The Morgan fingerprint density at radius 1 is 0.810 bits per heavy atom. The highest BCUT2D eigenvalue weighted by molar-refractivity contribution is 5.46. The molecule has 0 saturated carbocycles. The van der Waals surface area contributed by atoms with E-state index < -0.39 is 0 Å². The third-order valence-electron chi connectivity index (χ3n) is 3.06. The van der Waals surface area contributed by atoms with Crippen LogP contribution in [0.15, 0.2) is 54.6 Å². The fourth-order valence-electron chi connectivity index (χ4n) is 1.88. The van der Waals surface area contributed by atoms with Crippen LogP contribution in [0.2, 0.25) is 0 Å². The molecule has 0 radical (unpaired) electrons. The minimum atomic E-state index is 0.638. The SMILES string of the molecule is CCCCOc1ccc(NCCOc2ccccc2)cc1. The maximum atomic E-state index is 5.63. The monoisotopic (exact) mass is 285 g/mol. The largest absolute Gasteiger partial charge is 0.494 e. The highest BCUT2D eigenvalue weighted by Crippen LogP contribution is 2.16. The van der Waals surface area contributed by atoms with Gasteiger partial charge in [-0.2, -0.15) is 0 Å². The van der Waals surface area contributed by atoms with Gasteiger partial charge in [0.05, 0.1) is 6.61 Å². The van der Waals surface area contributed by atoms with Crippen LogP contribution in [0.5, 0.6) is 11.5 Å². The van der Waals surface area contributed by atoms with Crippen LogP contribution in [0.25, 0.3) is 0 Å². The zero-order valence-corrected chi connectivity index (χ0v) is 12.5. The number of nitrogens with one attached hydrogen (secondary N) is 1. The van der Waals surface area contributed by atoms with E-state index >= 15 is 0 Å². The second kappa shape index (κ2) is 8.90. The number of rotatable bonds is 9. The van der Waals surface area contributed by atoms with Gasteiger partial charge in [0.2, 0.25) is 0 Å². The molecule has 0 fully saturated rings. The predicted octanol–water partition coefficient (Wildman–Crippen LogP) is 4.36. The van der Waals surface area contributed by atoms with Crippen molar-refractivity contribution < 1.29 is 9.47 Å². The van der Waals surface area contributed by atoms with Gasteiger partial charge in [0, 0.05) is 12.2 Å². The first-order chi connectivity index (χ1) is 10.4. The molecule has 2 rings (SSSR count). The van der Waals surface area contributed by atoms with Crippen LogP contribution < -0.4 is 14.8 Å². The predicted molar refractivity (Wildman–Crippen MR) is 87.3 cm³/mol. The molecule has 0 aliphatic rings. The van der Waals surface area contributed by atoms with E-state index in [1.54, 1.807) is 0 Å². The lowest BCUT2D eigenvalue weighted by Crippen LogP contribution is -2.11. The van der Waals surface area contributed by atoms with Crippen molar-refractivity contribution in [2.45, 2.75) is 19.8 Å². The average molecular weight is 285 g/mol. The standard InChI is InChI=1S/C18H23NO2/c1-2-3-14-20-18-11-9-16(10-12-18)19-13-15-21-17-7-5-4-6-8-17/h4-12,19H,2-3,13-15H2,1H3. The first kappa shape index (κ1) is 15.2. The van der Waals surface area contributed by atoms with Crippen molar-refractivity contribution in [3.63, 3.8) is 0 Å². The summed E-state index contributed by atoms with van der Waals surface area (Å²) in [7, 11) is 0. The number of para-hydroxylation sites is 1. The van der Waals surface area contributed by atoms with Gasteiger partial charge >= 0.3 is 0 Å². The fraction of sp³-hybridized carbons (Fsp3) is 0.333. The summed E-state index contributed by atoms with van der Waals surface area (Å²) >= 11 is 0. The van der Waals surface area contributed by atoms with E-state index in [9.17, 15) is 0 Å². The molecule has 0 atom stereocenters. The van der Waals surface area contributed by atoms with Gasteiger partial charge in [-0.25, -0.2) is 0 Å². The summed E-state index contributed by atoms with van der Waals surface area (Å²) in [5.74, 6) is 1.83. The van der Waals surface area contributed by atoms with Crippen LogP contribution in [-0.2, 0) is 0 Å². The molecule has 0 amide bonds. The van der Waals surface area contributed by atoms with Gasteiger partial charge in [-0.1, -0.05) is 31.5 Å². The van der Waals surface area contributed by atoms with Gasteiger partial charge in [-0.3, -0.25) is 0 Å². The Balaban J connectivity index is 1.66. The second-order valence-electron chi connectivity index (χ2n) is 4.81. The van der Waals surface area contributed by atoms with Crippen molar-refractivity contribution in [1.82, 2.24) is 0 Å². The summed E-state index contributed by atoms with van der Waals surface area (Å²) < 4.78 is 11.3. The summed E-state index contributed by atoms with van der Waals surface area (Å²) in [6, 6.07) is 17.9. The van der Waals surface area contributed by atoms with E-state index in [0.29, 0.717) is 6.61 Å². The van der Waals surface area contributed by atoms with E-state index in [4.69, 9.17) is 9.47 Å². The van der Waals surface area contributed by atoms with Gasteiger partial charge in [-0.05, 0) is 42.8 Å². The lowest BCUT2D eigenvalue weighted by atomic mass is 10.3. The first-order valence-corrected chi connectivity index (χ1v) is 7.53. The topological polar surface area (TPSA) is 30.5 Å². The van der Waals surface area contributed by atoms with Crippen LogP contribution in [0.4, 0.5) is 5.69 Å². The number of unbranched alkanes of at least 4 members (excludes halogenated alkanes) is 1. The Labute approximate surface area is 126 Å². The molecule has 0 aromatic heterocycles. The lowest BCUT2D eigenvalue weighted by Gasteiger charge is -2.10. The number of hydrogen-bond donors (Lipinski definition) is 1. The molecular weight excluding hydrogens is 262 g/mol. The minimum Gasteiger partial charge on any atom is -0.494 e. The number of ether oxygens (including phenoxy) is 2. The Bertz CT molecular complexity index is 496. The number of anilines is 1. The molecule has 1 N–H and O–H groups in total. The zero-order valence-electron chi connectivity index (χ0n) is 12.5. The molecule has 3 nitrogen and oxygen atoms in total. The first-order valence-electron chi connectivity index (χ1n) is 7.53. The summed E-state index contributed by atoms with van der Waals surface area (Å²) in [6.07, 6.45) is 2.25. The van der Waals surface area contributed by atoms with Gasteiger partial charge in [0.25, 0.3) is 0 Å². The van der Waals surface area contributed by atoms with Crippen molar-refractivity contribution in [3.05, 3.63) is 54.6 Å². The normalized spacial score (nSPS) is 10.1. The van der Waals surface area contributed by atoms with Crippen molar-refractivity contribution in [2.24, 2.45) is 0 Å². The van der Waals surface area contributed by atoms with Gasteiger partial charge < -0.3 is 14.8 Å². The van der Waals surface area contributed by atoms with E-state index in [1.807, 2.05) is 54.6 Å². The maximum absolute atomic E-state index is 5.63. The van der Waals surface area contributed by atoms with Crippen LogP contribution in [0, 0.1) is 0 Å². The van der Waals surface area contributed by atoms with Crippen molar-refractivity contribution in [3.8, 4) is 11.5 Å². The smallest absolute Gasteiger partial charge is 0.119 e. The third-order valence-corrected chi connectivity index (χ3v) is 3.06. The molecule has 0 aliphatic heterocycles. The highest BCUT2D eigenvalue weighted by atomic mass is 16.5. The van der Waals surface area contributed by atoms with Crippen molar-refractivity contribution in [1.29, 1.82) is 0 Å². The summed E-state index contributed by atoms with van der Waals surface area (Å²) in [6.45, 7) is 4.35. The summed E-state index contributed by atoms with van der Waals surface area (Å²) in [4.78, 5) is 0. The van der Waals surface area contributed by atoms with Crippen LogP contribution in [0.1, 0.15) is 19.8 Å². The van der Waals surface area contributed by atoms with E-state index in [-0.39, 0.29) is 0 Å². The molecule has 2 aromatic rings. The maximum Gasteiger partial charge on any atom is 0.119 e. The zero-order chi connectivity index (χ0) is 14.8. The van der Waals surface area contributed by atoms with E-state index in [1.165, 1.54) is 0 Å². The molecule has 21 heavy (non-hydrogen) atoms. The van der Waals surface area contributed by atoms with Crippen LogP contribution in [0.3, 0.4) is 0 Å². The molecule has 0 bridgehead atoms. The van der Waals surface area contributed by atoms with Crippen LogP contribution in [-0.4, -0.2) is 19.8 Å². The van der Waals surface area contributed by atoms with Gasteiger partial charge in [-0.15, -0.1) is 0 Å². The molecule has 3 heteroatoms. The molecular formula is C18H23NO2. The molecule has 0 spiro atoms. The Morgan fingerprint density at radius 3 is 2.19 bits per heavy atom. The summed E-state index contributed by atoms with van der Waals surface area (Å²) in [5, 5.41) is 3.33. The second-order valence-corrected chi connectivity index (χ2v) is 4.81. The highest BCUT2D eigenvalue weighted by Gasteiger charge is 1.96. The Kier molecular flexibility index (Phi) is 6.46. The molecule has 0 heterocycles. The minimum absolute atomic E-state index is 0.638. The third kappa shape index (κ3) is 5.78. The average Bonchev–Trinajstić information content (AvgIpc) is 2.54. The van der Waals surface area contributed by atoms with E-state index in [0.717, 1.165) is 43.2 Å². The molecule has 0 aliphatic carbocycles. The van der Waals surface area contributed by atoms with Crippen molar-refractivity contribution in [2.75, 3.05) is 25.1 Å². The van der Waals surface area contributed by atoms with Gasteiger partial charge in [0.1, 0.15) is 18.1 Å². The Morgan fingerprint density at radius 2 is 1.48 bits per heavy atom. The number of hydrogen-bond acceptors (Lipinski definition) is 3. The Hall–Kier alpha value is -2.16. The van der Waals surface area contributed by atoms with Gasteiger partial charge in [0.15, 0.2) is 0 Å². The lowest BCUT2D eigenvalue weighted by molar-refractivity contribution is 0.309.